The molecule has 3 aromatic rings. The maximum atomic E-state index is 12.3. The van der Waals surface area contributed by atoms with Crippen molar-refractivity contribution in [2.45, 2.75) is 32.7 Å². The Kier molecular flexibility index (Phi) is 4.75. The van der Waals surface area contributed by atoms with Gasteiger partial charge in [0.2, 0.25) is 0 Å². The van der Waals surface area contributed by atoms with Gasteiger partial charge in [-0.05, 0) is 31.7 Å². The molecule has 1 fully saturated rings. The predicted octanol–water partition coefficient (Wildman–Crippen LogP) is 1.81. The van der Waals surface area contributed by atoms with E-state index < -0.39 is 0 Å². The molecule has 0 N–H and O–H groups in total. The van der Waals surface area contributed by atoms with Gasteiger partial charge in [-0.2, -0.15) is 10.2 Å². The van der Waals surface area contributed by atoms with E-state index in [0.29, 0.717) is 6.54 Å². The molecule has 2 aromatic heterocycles. The van der Waals surface area contributed by atoms with Crippen LogP contribution in [0.4, 0.5) is 5.82 Å². The Hall–Kier alpha value is -2.80. The summed E-state index contributed by atoms with van der Waals surface area (Å²) in [5.41, 5.74) is 3.26. The summed E-state index contributed by atoms with van der Waals surface area (Å²) >= 11 is 0. The number of nitrogens with zero attached hydrogens (tertiary/aromatic N) is 6. The Morgan fingerprint density at radius 3 is 2.59 bits per heavy atom. The Balaban J connectivity index is 1.24. The number of aromatic nitrogens is 4. The van der Waals surface area contributed by atoms with E-state index in [4.69, 9.17) is 0 Å². The third kappa shape index (κ3) is 3.51. The highest BCUT2D eigenvalue weighted by Crippen LogP contribution is 2.26. The molecule has 1 aliphatic heterocycles. The van der Waals surface area contributed by atoms with E-state index in [-0.39, 0.29) is 5.56 Å². The maximum Gasteiger partial charge on any atom is 0.267 e. The summed E-state index contributed by atoms with van der Waals surface area (Å²) in [5, 5.41) is 15.8. The lowest BCUT2D eigenvalue weighted by molar-refractivity contribution is 0.242. The Morgan fingerprint density at radius 1 is 0.966 bits per heavy atom. The average molecular weight is 390 g/mol. The molecule has 0 unspecified atom stereocenters. The lowest BCUT2D eigenvalue weighted by Crippen LogP contribution is -2.48. The largest absolute Gasteiger partial charge is 0.352 e. The van der Waals surface area contributed by atoms with Crippen molar-refractivity contribution in [1.29, 1.82) is 0 Å². The number of rotatable bonds is 4. The first-order valence-corrected chi connectivity index (χ1v) is 10.5. The van der Waals surface area contributed by atoms with Crippen LogP contribution in [-0.2, 0) is 19.4 Å². The molecule has 1 aliphatic carbocycles. The zero-order valence-corrected chi connectivity index (χ0v) is 16.8. The molecule has 0 spiro atoms. The minimum Gasteiger partial charge on any atom is -0.352 e. The van der Waals surface area contributed by atoms with Crippen LogP contribution >= 0.6 is 0 Å². The van der Waals surface area contributed by atoms with Crippen molar-refractivity contribution in [3.8, 4) is 0 Å². The second kappa shape index (κ2) is 7.55. The zero-order valence-electron chi connectivity index (χ0n) is 16.8. The van der Waals surface area contributed by atoms with Gasteiger partial charge in [-0.1, -0.05) is 24.3 Å². The zero-order chi connectivity index (χ0) is 19.8. The maximum absolute atomic E-state index is 12.3. The number of hydrogen-bond donors (Lipinski definition) is 0. The minimum absolute atomic E-state index is 0.0330. The summed E-state index contributed by atoms with van der Waals surface area (Å²) in [5.74, 6) is 0.974. The molecule has 5 rings (SSSR count). The molecule has 7 nitrogen and oxygen atoms in total. The highest BCUT2D eigenvalue weighted by atomic mass is 16.1. The van der Waals surface area contributed by atoms with E-state index in [2.05, 4.69) is 43.3 Å². The summed E-state index contributed by atoms with van der Waals surface area (Å²) in [6.45, 7) is 7.22. The van der Waals surface area contributed by atoms with Crippen LogP contribution in [0.25, 0.3) is 10.8 Å². The molecule has 0 bridgehead atoms. The van der Waals surface area contributed by atoms with Crippen molar-refractivity contribution in [3.05, 3.63) is 57.6 Å². The molecule has 0 amide bonds. The Morgan fingerprint density at radius 2 is 1.76 bits per heavy atom. The topological polar surface area (TPSA) is 67.2 Å². The molecular weight excluding hydrogens is 364 g/mol. The molecule has 1 aromatic carbocycles. The number of benzene rings is 1. The van der Waals surface area contributed by atoms with E-state index in [1.165, 1.54) is 10.8 Å². The van der Waals surface area contributed by atoms with E-state index >= 15 is 0 Å². The monoisotopic (exact) mass is 390 g/mol. The molecule has 0 atom stereocenters. The van der Waals surface area contributed by atoms with Crippen molar-refractivity contribution in [1.82, 2.24) is 24.9 Å². The third-order valence-electron chi connectivity index (χ3n) is 6.18. The summed E-state index contributed by atoms with van der Waals surface area (Å²) in [4.78, 5) is 17.0. The highest BCUT2D eigenvalue weighted by molar-refractivity contribution is 5.93. The lowest BCUT2D eigenvalue weighted by atomic mass is 10.1. The van der Waals surface area contributed by atoms with Crippen LogP contribution < -0.4 is 10.5 Å². The summed E-state index contributed by atoms with van der Waals surface area (Å²) in [7, 11) is 0. The molecule has 2 aliphatic rings. The summed E-state index contributed by atoms with van der Waals surface area (Å²) in [6.07, 6.45) is 3.11. The molecular formula is C22H26N6O. The van der Waals surface area contributed by atoms with Crippen LogP contribution in [0.3, 0.4) is 0 Å². The van der Waals surface area contributed by atoms with Crippen LogP contribution in [0.15, 0.2) is 35.1 Å². The van der Waals surface area contributed by atoms with Gasteiger partial charge < -0.3 is 4.90 Å². The third-order valence-corrected chi connectivity index (χ3v) is 6.18. The SMILES string of the molecule is Cc1nnc(N2CCN(CCn3nc4c(cc3=O)CCC4)CC2)c2ccccc12. The number of aryl methyl sites for hydroxylation is 3. The fourth-order valence-electron chi connectivity index (χ4n) is 4.48. The second-order valence-corrected chi connectivity index (χ2v) is 8.01. The first-order valence-electron chi connectivity index (χ1n) is 10.5. The van der Waals surface area contributed by atoms with E-state index in [1.54, 1.807) is 10.7 Å². The average Bonchev–Trinajstić information content (AvgIpc) is 3.20. The van der Waals surface area contributed by atoms with Crippen LogP contribution in [0.5, 0.6) is 0 Å². The molecule has 3 heterocycles. The predicted molar refractivity (Wildman–Crippen MR) is 113 cm³/mol. The molecule has 0 saturated carbocycles. The van der Waals surface area contributed by atoms with Crippen molar-refractivity contribution in [2.24, 2.45) is 0 Å². The van der Waals surface area contributed by atoms with Gasteiger partial charge in [0.1, 0.15) is 0 Å². The van der Waals surface area contributed by atoms with Gasteiger partial charge in [0.15, 0.2) is 5.82 Å². The quantitative estimate of drug-likeness (QED) is 0.677. The standard InChI is InChI=1S/C22H26N6O/c1-16-18-6-2-3-7-19(18)22(24-23-16)27-12-9-26(10-13-27)11-14-28-21(29)15-17-5-4-8-20(17)25-28/h2-3,6-7,15H,4-5,8-14H2,1H3. The molecule has 0 radical (unpaired) electrons. The van der Waals surface area contributed by atoms with Crippen molar-refractivity contribution in [2.75, 3.05) is 37.6 Å². The smallest absolute Gasteiger partial charge is 0.267 e. The van der Waals surface area contributed by atoms with Gasteiger partial charge in [0, 0.05) is 49.6 Å². The Labute approximate surface area is 170 Å². The number of anilines is 1. The molecule has 150 valence electrons. The summed E-state index contributed by atoms with van der Waals surface area (Å²) < 4.78 is 1.65. The minimum atomic E-state index is 0.0330. The van der Waals surface area contributed by atoms with Gasteiger partial charge in [-0.25, -0.2) is 4.68 Å². The number of hydrogen-bond acceptors (Lipinski definition) is 6. The molecule has 7 heteroatoms. The van der Waals surface area contributed by atoms with Crippen LogP contribution in [0.2, 0.25) is 0 Å². The molecule has 1 saturated heterocycles. The van der Waals surface area contributed by atoms with Gasteiger partial charge in [0.25, 0.3) is 5.56 Å². The van der Waals surface area contributed by atoms with Gasteiger partial charge in [-0.15, -0.1) is 5.10 Å². The van der Waals surface area contributed by atoms with Gasteiger partial charge in [0.05, 0.1) is 17.9 Å². The van der Waals surface area contributed by atoms with Gasteiger partial charge in [-0.3, -0.25) is 9.69 Å². The number of piperazine rings is 1. The Bertz CT molecular complexity index is 1100. The summed E-state index contributed by atoms with van der Waals surface area (Å²) in [6, 6.07) is 10.1. The van der Waals surface area contributed by atoms with Gasteiger partial charge >= 0.3 is 0 Å². The fraction of sp³-hybridized carbons (Fsp3) is 0.455. The first kappa shape index (κ1) is 18.2. The van der Waals surface area contributed by atoms with Crippen LogP contribution in [-0.4, -0.2) is 57.6 Å². The van der Waals surface area contributed by atoms with Crippen molar-refractivity contribution in [3.63, 3.8) is 0 Å². The van der Waals surface area contributed by atoms with Crippen molar-refractivity contribution < 1.29 is 0 Å². The lowest BCUT2D eigenvalue weighted by Gasteiger charge is -2.35. The fourth-order valence-corrected chi connectivity index (χ4v) is 4.48. The van der Waals surface area contributed by atoms with E-state index in [0.717, 1.165) is 74.8 Å². The van der Waals surface area contributed by atoms with E-state index in [9.17, 15) is 4.79 Å². The van der Waals surface area contributed by atoms with Crippen LogP contribution in [0.1, 0.15) is 23.4 Å². The molecule has 29 heavy (non-hydrogen) atoms. The second-order valence-electron chi connectivity index (χ2n) is 8.01. The number of fused-ring (bicyclic) bond motifs is 2. The highest BCUT2D eigenvalue weighted by Gasteiger charge is 2.21. The van der Waals surface area contributed by atoms with Crippen LogP contribution in [0, 0.1) is 6.92 Å². The first-order chi connectivity index (χ1) is 14.2. The normalized spacial score (nSPS) is 17.1. The van der Waals surface area contributed by atoms with Crippen molar-refractivity contribution >= 4 is 16.6 Å². The van der Waals surface area contributed by atoms with E-state index in [1.807, 2.05) is 13.0 Å².